The van der Waals surface area contributed by atoms with Crippen LogP contribution >= 0.6 is 0 Å². The second-order valence-corrected chi connectivity index (χ2v) is 7.09. The molecule has 4 heteroatoms. The maximum Gasteiger partial charge on any atom is 0.326 e. The summed E-state index contributed by atoms with van der Waals surface area (Å²) >= 11 is 0. The van der Waals surface area contributed by atoms with Crippen molar-refractivity contribution in [3.8, 4) is 0 Å². The number of hydrogen-bond acceptors (Lipinski definition) is 4. The number of rotatable bonds is 4. The monoisotopic (exact) mass is 296 g/mol. The van der Waals surface area contributed by atoms with Crippen LogP contribution in [-0.2, 0) is 9.53 Å². The van der Waals surface area contributed by atoms with Gasteiger partial charge < -0.3 is 15.0 Å². The lowest BCUT2D eigenvalue weighted by atomic mass is 9.77. The van der Waals surface area contributed by atoms with Crippen LogP contribution in [0.1, 0.15) is 52.9 Å². The molecule has 1 saturated heterocycles. The Balaban J connectivity index is 2.06. The lowest BCUT2D eigenvalue weighted by molar-refractivity contribution is -0.151. The van der Waals surface area contributed by atoms with Crippen molar-refractivity contribution in [2.45, 2.75) is 64.5 Å². The highest BCUT2D eigenvalue weighted by Gasteiger charge is 2.45. The zero-order chi connectivity index (χ0) is 15.5. The molecule has 0 aromatic rings. The highest BCUT2D eigenvalue weighted by atomic mass is 16.5. The fraction of sp³-hybridized carbons (Fsp3) is 0.941. The first-order valence-electron chi connectivity index (χ1n) is 8.60. The van der Waals surface area contributed by atoms with Crippen molar-refractivity contribution in [1.29, 1.82) is 0 Å². The Kier molecular flexibility index (Phi) is 5.67. The van der Waals surface area contributed by atoms with Gasteiger partial charge in [0.1, 0.15) is 5.54 Å². The lowest BCUT2D eigenvalue weighted by Gasteiger charge is -2.46. The van der Waals surface area contributed by atoms with Crippen molar-refractivity contribution in [2.24, 2.45) is 11.8 Å². The number of ether oxygens (including phenoxy) is 1. The first-order valence-corrected chi connectivity index (χ1v) is 8.60. The fourth-order valence-electron chi connectivity index (χ4n) is 4.14. The summed E-state index contributed by atoms with van der Waals surface area (Å²) in [6, 6.07) is 0.520. The average molecular weight is 296 g/mol. The van der Waals surface area contributed by atoms with Crippen LogP contribution in [0.2, 0.25) is 0 Å². The molecule has 1 saturated carbocycles. The second-order valence-electron chi connectivity index (χ2n) is 7.09. The minimum absolute atomic E-state index is 0.0764. The Bertz CT molecular complexity index is 357. The van der Waals surface area contributed by atoms with Gasteiger partial charge in [0.2, 0.25) is 0 Å². The van der Waals surface area contributed by atoms with E-state index < -0.39 is 5.54 Å². The summed E-state index contributed by atoms with van der Waals surface area (Å²) in [6.45, 7) is 9.96. The van der Waals surface area contributed by atoms with Crippen molar-refractivity contribution in [1.82, 2.24) is 10.2 Å². The number of hydrogen-bond donors (Lipinski definition) is 1. The largest absolute Gasteiger partial charge is 0.468 e. The molecule has 122 valence electrons. The Morgan fingerprint density at radius 1 is 1.33 bits per heavy atom. The molecule has 1 aliphatic carbocycles. The number of likely N-dealkylation sites (tertiary alicyclic amines) is 1. The SMILES string of the molecule is CCNC1(C(=O)OC)CCCC(N2CCC(C)C(C)C2)C1. The zero-order valence-electron chi connectivity index (χ0n) is 14.2. The topological polar surface area (TPSA) is 41.6 Å². The third kappa shape index (κ3) is 3.59. The molecule has 2 rings (SSSR count). The summed E-state index contributed by atoms with van der Waals surface area (Å²) in [6.07, 6.45) is 5.40. The molecule has 4 atom stereocenters. The number of likely N-dealkylation sites (N-methyl/N-ethyl adjacent to an activating group) is 1. The van der Waals surface area contributed by atoms with Crippen LogP contribution in [0.15, 0.2) is 0 Å². The highest BCUT2D eigenvalue weighted by molar-refractivity contribution is 5.81. The van der Waals surface area contributed by atoms with E-state index in [2.05, 4.69) is 31.0 Å². The van der Waals surface area contributed by atoms with Crippen molar-refractivity contribution >= 4 is 5.97 Å². The van der Waals surface area contributed by atoms with Gasteiger partial charge in [-0.15, -0.1) is 0 Å². The normalized spacial score (nSPS) is 38.2. The van der Waals surface area contributed by atoms with Gasteiger partial charge in [0.05, 0.1) is 7.11 Å². The van der Waals surface area contributed by atoms with Gasteiger partial charge in [0, 0.05) is 12.6 Å². The van der Waals surface area contributed by atoms with Crippen molar-refractivity contribution in [3.63, 3.8) is 0 Å². The number of esters is 1. The van der Waals surface area contributed by atoms with Gasteiger partial charge in [0.25, 0.3) is 0 Å². The number of piperidine rings is 1. The van der Waals surface area contributed by atoms with Gasteiger partial charge in [-0.25, -0.2) is 0 Å². The zero-order valence-corrected chi connectivity index (χ0v) is 14.2. The van der Waals surface area contributed by atoms with Gasteiger partial charge >= 0.3 is 5.97 Å². The predicted molar refractivity (Wildman–Crippen MR) is 85.2 cm³/mol. The standard InChI is InChI=1S/C17H32N2O2/c1-5-18-17(16(20)21-4)9-6-7-15(11-17)19-10-8-13(2)14(3)12-19/h13-15,18H,5-12H2,1-4H3. The van der Waals surface area contributed by atoms with Crippen LogP contribution < -0.4 is 5.32 Å². The first kappa shape index (κ1) is 16.8. The van der Waals surface area contributed by atoms with E-state index in [9.17, 15) is 4.79 Å². The second kappa shape index (κ2) is 7.10. The molecule has 0 spiro atoms. The summed E-state index contributed by atoms with van der Waals surface area (Å²) in [7, 11) is 1.51. The quantitative estimate of drug-likeness (QED) is 0.809. The molecule has 2 aliphatic rings. The fourth-order valence-corrected chi connectivity index (χ4v) is 4.14. The van der Waals surface area contributed by atoms with E-state index in [0.717, 1.165) is 37.6 Å². The van der Waals surface area contributed by atoms with Crippen molar-refractivity contribution in [2.75, 3.05) is 26.7 Å². The van der Waals surface area contributed by atoms with E-state index in [-0.39, 0.29) is 5.97 Å². The molecule has 4 unspecified atom stereocenters. The number of carbonyl (C=O) groups excluding carboxylic acids is 1. The minimum atomic E-state index is -0.460. The summed E-state index contributed by atoms with van der Waals surface area (Å²) in [5, 5.41) is 3.44. The molecule has 2 fully saturated rings. The number of nitrogens with zero attached hydrogens (tertiary/aromatic N) is 1. The molecule has 21 heavy (non-hydrogen) atoms. The van der Waals surface area contributed by atoms with Gasteiger partial charge in [-0.1, -0.05) is 20.8 Å². The van der Waals surface area contributed by atoms with E-state index in [1.807, 2.05) is 0 Å². The van der Waals surface area contributed by atoms with Gasteiger partial charge in [-0.05, 0) is 57.0 Å². The molecular formula is C17H32N2O2. The molecule has 0 amide bonds. The van der Waals surface area contributed by atoms with E-state index in [0.29, 0.717) is 6.04 Å². The number of nitrogens with one attached hydrogen (secondary N) is 1. The Morgan fingerprint density at radius 3 is 2.71 bits per heavy atom. The molecule has 1 aliphatic heterocycles. The molecule has 0 aromatic carbocycles. The Morgan fingerprint density at radius 2 is 2.10 bits per heavy atom. The third-order valence-electron chi connectivity index (χ3n) is 5.70. The summed E-state index contributed by atoms with van der Waals surface area (Å²) in [5.41, 5.74) is -0.460. The third-order valence-corrected chi connectivity index (χ3v) is 5.70. The summed E-state index contributed by atoms with van der Waals surface area (Å²) in [5.74, 6) is 1.50. The van der Waals surface area contributed by atoms with Crippen LogP contribution in [0, 0.1) is 11.8 Å². The summed E-state index contributed by atoms with van der Waals surface area (Å²) in [4.78, 5) is 14.9. The number of methoxy groups -OCH3 is 1. The molecule has 4 nitrogen and oxygen atoms in total. The first-order chi connectivity index (χ1) is 10.0. The molecule has 0 radical (unpaired) electrons. The van der Waals surface area contributed by atoms with Gasteiger partial charge in [-0.3, -0.25) is 4.79 Å². The predicted octanol–water partition coefficient (Wildman–Crippen LogP) is 2.43. The lowest BCUT2D eigenvalue weighted by Crippen LogP contribution is -2.59. The Labute approximate surface area is 129 Å². The molecule has 0 aromatic heterocycles. The molecule has 1 heterocycles. The number of carbonyl (C=O) groups is 1. The maximum absolute atomic E-state index is 12.3. The Hall–Kier alpha value is -0.610. The van der Waals surface area contributed by atoms with Gasteiger partial charge in [0.15, 0.2) is 0 Å². The van der Waals surface area contributed by atoms with Gasteiger partial charge in [-0.2, -0.15) is 0 Å². The van der Waals surface area contributed by atoms with E-state index >= 15 is 0 Å². The van der Waals surface area contributed by atoms with Crippen LogP contribution in [0.3, 0.4) is 0 Å². The molecule has 1 N–H and O–H groups in total. The van der Waals surface area contributed by atoms with E-state index in [1.54, 1.807) is 0 Å². The van der Waals surface area contributed by atoms with Crippen LogP contribution in [0.4, 0.5) is 0 Å². The van der Waals surface area contributed by atoms with Crippen LogP contribution in [-0.4, -0.2) is 49.2 Å². The maximum atomic E-state index is 12.3. The van der Waals surface area contributed by atoms with E-state index in [4.69, 9.17) is 4.74 Å². The smallest absolute Gasteiger partial charge is 0.326 e. The van der Waals surface area contributed by atoms with Crippen LogP contribution in [0.5, 0.6) is 0 Å². The van der Waals surface area contributed by atoms with Crippen molar-refractivity contribution < 1.29 is 9.53 Å². The minimum Gasteiger partial charge on any atom is -0.468 e. The molecular weight excluding hydrogens is 264 g/mol. The molecule has 0 bridgehead atoms. The van der Waals surface area contributed by atoms with Crippen LogP contribution in [0.25, 0.3) is 0 Å². The highest BCUT2D eigenvalue weighted by Crippen LogP contribution is 2.35. The average Bonchev–Trinajstić information content (AvgIpc) is 2.49. The summed E-state index contributed by atoms with van der Waals surface area (Å²) < 4.78 is 5.10. The van der Waals surface area contributed by atoms with Crippen molar-refractivity contribution in [3.05, 3.63) is 0 Å². The van der Waals surface area contributed by atoms with E-state index in [1.165, 1.54) is 33.0 Å².